The van der Waals surface area contributed by atoms with Crippen molar-refractivity contribution in [3.05, 3.63) is 30.5 Å². The van der Waals surface area contributed by atoms with E-state index < -0.39 is 6.04 Å². The largest absolute Gasteiger partial charge is 0.379 e. The second-order valence-electron chi connectivity index (χ2n) is 7.56. The van der Waals surface area contributed by atoms with Crippen molar-refractivity contribution < 1.29 is 14.3 Å². The molecular formula is C21H27N5O3S. The topological polar surface area (TPSA) is 80.9 Å². The third kappa shape index (κ3) is 4.33. The van der Waals surface area contributed by atoms with Gasteiger partial charge in [0.25, 0.3) is 5.91 Å². The number of H-pyrrole nitrogens is 1. The van der Waals surface area contributed by atoms with Crippen LogP contribution in [0.1, 0.15) is 13.3 Å². The molecule has 1 atom stereocenters. The first kappa shape index (κ1) is 20.8. The van der Waals surface area contributed by atoms with E-state index in [2.05, 4.69) is 15.2 Å². The third-order valence-electron chi connectivity index (χ3n) is 5.70. The third-order valence-corrected chi connectivity index (χ3v) is 6.15. The van der Waals surface area contributed by atoms with Crippen LogP contribution in [0.15, 0.2) is 30.5 Å². The van der Waals surface area contributed by atoms with E-state index in [4.69, 9.17) is 17.0 Å². The fourth-order valence-corrected chi connectivity index (χ4v) is 4.46. The SMILES string of the molecule is CCN1C(=O)C(CC(=O)Nc2ccc3cc[nH]c3c2)N(CCN2CCOCC2)C1=S. The number of rotatable bonds is 7. The Bertz CT molecular complexity index is 940. The molecule has 2 amide bonds. The molecule has 3 heterocycles. The Labute approximate surface area is 181 Å². The van der Waals surface area contributed by atoms with E-state index in [1.54, 1.807) is 4.90 Å². The normalized spacial score (nSPS) is 20.4. The molecule has 2 aliphatic heterocycles. The highest BCUT2D eigenvalue weighted by molar-refractivity contribution is 7.80. The predicted molar refractivity (Wildman–Crippen MR) is 119 cm³/mol. The molecule has 2 aliphatic rings. The van der Waals surface area contributed by atoms with Crippen molar-refractivity contribution >= 4 is 45.7 Å². The summed E-state index contributed by atoms with van der Waals surface area (Å²) in [5.41, 5.74) is 1.66. The number of fused-ring (bicyclic) bond motifs is 1. The highest BCUT2D eigenvalue weighted by Gasteiger charge is 2.42. The Hall–Kier alpha value is -2.49. The van der Waals surface area contributed by atoms with E-state index in [1.807, 2.05) is 42.3 Å². The van der Waals surface area contributed by atoms with Crippen LogP contribution < -0.4 is 5.32 Å². The molecular weight excluding hydrogens is 402 g/mol. The van der Waals surface area contributed by atoms with Crippen LogP contribution in [-0.4, -0.2) is 88.6 Å². The van der Waals surface area contributed by atoms with Crippen LogP contribution in [0.25, 0.3) is 10.9 Å². The van der Waals surface area contributed by atoms with Gasteiger partial charge in [0.15, 0.2) is 5.11 Å². The number of hydrogen-bond acceptors (Lipinski definition) is 5. The number of thiocarbonyl (C=S) groups is 1. The summed E-state index contributed by atoms with van der Waals surface area (Å²) in [5.74, 6) is -0.296. The van der Waals surface area contributed by atoms with Crippen LogP contribution in [-0.2, 0) is 14.3 Å². The Balaban J connectivity index is 1.42. The zero-order valence-corrected chi connectivity index (χ0v) is 17.9. The molecule has 1 unspecified atom stereocenters. The molecule has 2 fully saturated rings. The van der Waals surface area contributed by atoms with Gasteiger partial charge in [-0.15, -0.1) is 0 Å². The molecule has 0 spiro atoms. The standard InChI is InChI=1S/C21H27N5O3S/c1-2-25-20(28)18(26(21(25)30)8-7-24-9-11-29-12-10-24)14-19(27)23-16-4-3-15-5-6-22-17(15)13-16/h3-6,13,18,22H,2,7-12,14H2,1H3,(H,23,27). The maximum atomic E-state index is 12.9. The number of likely N-dealkylation sites (N-methyl/N-ethyl adjacent to an activating group) is 1. The highest BCUT2D eigenvalue weighted by atomic mass is 32.1. The number of carbonyl (C=O) groups excluding carboxylic acids is 2. The van der Waals surface area contributed by atoms with E-state index in [0.717, 1.165) is 43.8 Å². The van der Waals surface area contributed by atoms with Gasteiger partial charge in [-0.05, 0) is 42.7 Å². The van der Waals surface area contributed by atoms with E-state index in [1.165, 1.54) is 0 Å². The monoisotopic (exact) mass is 429 g/mol. The van der Waals surface area contributed by atoms with E-state index in [0.29, 0.717) is 23.9 Å². The van der Waals surface area contributed by atoms with Gasteiger partial charge >= 0.3 is 0 Å². The molecule has 0 aliphatic carbocycles. The smallest absolute Gasteiger partial charge is 0.252 e. The van der Waals surface area contributed by atoms with E-state index in [9.17, 15) is 9.59 Å². The summed E-state index contributed by atoms with van der Waals surface area (Å²) in [5, 5.41) is 4.51. The molecule has 1 aromatic heterocycles. The molecule has 4 rings (SSSR count). The van der Waals surface area contributed by atoms with Crippen LogP contribution in [0, 0.1) is 0 Å². The van der Waals surface area contributed by atoms with Gasteiger partial charge in [-0.25, -0.2) is 0 Å². The van der Waals surface area contributed by atoms with Crippen LogP contribution in [0.2, 0.25) is 0 Å². The van der Waals surface area contributed by atoms with Crippen molar-refractivity contribution in [2.45, 2.75) is 19.4 Å². The fourth-order valence-electron chi connectivity index (χ4n) is 4.02. The Morgan fingerprint density at radius 3 is 2.83 bits per heavy atom. The van der Waals surface area contributed by atoms with Gasteiger partial charge in [-0.3, -0.25) is 19.4 Å². The number of nitrogens with zero attached hydrogens (tertiary/aromatic N) is 3. The minimum atomic E-state index is -0.562. The van der Waals surface area contributed by atoms with Crippen molar-refractivity contribution in [1.82, 2.24) is 19.7 Å². The highest BCUT2D eigenvalue weighted by Crippen LogP contribution is 2.22. The first-order chi connectivity index (χ1) is 14.6. The van der Waals surface area contributed by atoms with Gasteiger partial charge in [0.1, 0.15) is 6.04 Å². The number of hydrogen-bond donors (Lipinski definition) is 2. The predicted octanol–water partition coefficient (Wildman–Crippen LogP) is 1.65. The molecule has 0 saturated carbocycles. The molecule has 9 heteroatoms. The quantitative estimate of drug-likeness (QED) is 0.652. The summed E-state index contributed by atoms with van der Waals surface area (Å²) in [6, 6.07) is 7.12. The van der Waals surface area contributed by atoms with Crippen LogP contribution in [0.3, 0.4) is 0 Å². The lowest BCUT2D eigenvalue weighted by Crippen LogP contribution is -2.45. The number of anilines is 1. The number of nitrogens with one attached hydrogen (secondary N) is 2. The summed E-state index contributed by atoms with van der Waals surface area (Å²) >= 11 is 5.56. The van der Waals surface area contributed by atoms with Gasteiger partial charge in [-0.2, -0.15) is 0 Å². The number of morpholine rings is 1. The zero-order chi connectivity index (χ0) is 21.1. The molecule has 1 aromatic carbocycles. The Morgan fingerprint density at radius 2 is 2.07 bits per heavy atom. The number of aromatic nitrogens is 1. The molecule has 0 radical (unpaired) electrons. The lowest BCUT2D eigenvalue weighted by Gasteiger charge is -2.30. The number of carbonyl (C=O) groups is 2. The average molecular weight is 430 g/mol. The van der Waals surface area contributed by atoms with Crippen molar-refractivity contribution in [3.8, 4) is 0 Å². The van der Waals surface area contributed by atoms with Gasteiger partial charge in [0, 0.05) is 50.1 Å². The van der Waals surface area contributed by atoms with Gasteiger partial charge in [0.05, 0.1) is 19.6 Å². The molecule has 2 saturated heterocycles. The lowest BCUT2D eigenvalue weighted by atomic mass is 10.1. The first-order valence-corrected chi connectivity index (χ1v) is 10.8. The van der Waals surface area contributed by atoms with Crippen molar-refractivity contribution in [3.63, 3.8) is 0 Å². The summed E-state index contributed by atoms with van der Waals surface area (Å²) in [7, 11) is 0. The zero-order valence-electron chi connectivity index (χ0n) is 17.1. The second kappa shape index (κ2) is 9.11. The molecule has 2 N–H and O–H groups in total. The molecule has 2 aromatic rings. The number of benzene rings is 1. The first-order valence-electron chi connectivity index (χ1n) is 10.4. The fraction of sp³-hybridized carbons (Fsp3) is 0.476. The summed E-state index contributed by atoms with van der Waals surface area (Å²) in [6.07, 6.45) is 1.93. The van der Waals surface area contributed by atoms with Gasteiger partial charge in [0.2, 0.25) is 5.91 Å². The van der Waals surface area contributed by atoms with Crippen LogP contribution >= 0.6 is 12.2 Å². The van der Waals surface area contributed by atoms with Gasteiger partial charge in [-0.1, -0.05) is 6.07 Å². The second-order valence-corrected chi connectivity index (χ2v) is 7.93. The summed E-state index contributed by atoms with van der Waals surface area (Å²) in [4.78, 5) is 34.6. The lowest BCUT2D eigenvalue weighted by molar-refractivity contribution is -0.130. The summed E-state index contributed by atoms with van der Waals surface area (Å²) in [6.45, 7) is 7.01. The van der Waals surface area contributed by atoms with Crippen molar-refractivity contribution in [1.29, 1.82) is 0 Å². The average Bonchev–Trinajstić information content (AvgIpc) is 3.29. The number of aromatic amines is 1. The Morgan fingerprint density at radius 1 is 1.27 bits per heavy atom. The van der Waals surface area contributed by atoms with E-state index >= 15 is 0 Å². The molecule has 0 bridgehead atoms. The van der Waals surface area contributed by atoms with Crippen LogP contribution in [0.4, 0.5) is 5.69 Å². The molecule has 30 heavy (non-hydrogen) atoms. The minimum Gasteiger partial charge on any atom is -0.379 e. The molecule has 160 valence electrons. The van der Waals surface area contributed by atoms with Crippen molar-refractivity contribution in [2.75, 3.05) is 51.3 Å². The van der Waals surface area contributed by atoms with E-state index in [-0.39, 0.29) is 18.2 Å². The minimum absolute atomic E-state index is 0.0708. The Kier molecular flexibility index (Phi) is 6.31. The maximum Gasteiger partial charge on any atom is 0.252 e. The van der Waals surface area contributed by atoms with Crippen LogP contribution in [0.5, 0.6) is 0 Å². The maximum absolute atomic E-state index is 12.9. The van der Waals surface area contributed by atoms with Gasteiger partial charge < -0.3 is 19.9 Å². The molecule has 8 nitrogen and oxygen atoms in total. The number of amides is 2. The number of ether oxygens (including phenoxy) is 1. The summed E-state index contributed by atoms with van der Waals surface area (Å²) < 4.78 is 5.40. The van der Waals surface area contributed by atoms with Crippen molar-refractivity contribution in [2.24, 2.45) is 0 Å².